The van der Waals surface area contributed by atoms with Crippen molar-refractivity contribution in [2.75, 3.05) is 13.1 Å². The van der Waals surface area contributed by atoms with Crippen molar-refractivity contribution in [3.63, 3.8) is 0 Å². The zero-order valence-electron chi connectivity index (χ0n) is 9.34. The van der Waals surface area contributed by atoms with Gasteiger partial charge in [-0.3, -0.25) is 4.79 Å². The van der Waals surface area contributed by atoms with Crippen molar-refractivity contribution in [1.29, 1.82) is 0 Å². The van der Waals surface area contributed by atoms with Crippen molar-refractivity contribution >= 4 is 5.91 Å². The molecular weight excluding hydrogens is 180 g/mol. The van der Waals surface area contributed by atoms with Gasteiger partial charge in [0.15, 0.2) is 0 Å². The number of nitrogens with two attached hydrogens (primary N) is 1. The lowest BCUT2D eigenvalue weighted by atomic mass is 10.1. The Labute approximate surface area is 85.9 Å². The molecule has 0 saturated heterocycles. The highest BCUT2D eigenvalue weighted by Gasteiger charge is 2.13. The van der Waals surface area contributed by atoms with Crippen molar-refractivity contribution in [1.82, 2.24) is 5.32 Å². The van der Waals surface area contributed by atoms with Crippen LogP contribution >= 0.6 is 0 Å². The number of aliphatic hydroxyl groups is 1. The molecule has 1 unspecified atom stereocenters. The van der Waals surface area contributed by atoms with Gasteiger partial charge in [0.2, 0.25) is 5.91 Å². The summed E-state index contributed by atoms with van der Waals surface area (Å²) in [4.78, 5) is 11.2. The maximum atomic E-state index is 11.2. The van der Waals surface area contributed by atoms with Crippen molar-refractivity contribution in [2.24, 2.45) is 11.7 Å². The first-order valence-electron chi connectivity index (χ1n) is 5.04. The second-order valence-corrected chi connectivity index (χ2v) is 4.47. The summed E-state index contributed by atoms with van der Waals surface area (Å²) in [5, 5.41) is 12.0. The zero-order chi connectivity index (χ0) is 11.2. The third-order valence-electron chi connectivity index (χ3n) is 1.98. The van der Waals surface area contributed by atoms with Crippen molar-refractivity contribution in [2.45, 2.75) is 39.2 Å². The Bertz CT molecular complexity index is 175. The molecule has 0 aromatic rings. The molecule has 4 heteroatoms. The molecule has 0 aliphatic heterocycles. The van der Waals surface area contributed by atoms with Crippen LogP contribution in [0.15, 0.2) is 0 Å². The van der Waals surface area contributed by atoms with Gasteiger partial charge in [-0.05, 0) is 32.7 Å². The molecule has 0 aliphatic rings. The smallest absolute Gasteiger partial charge is 0.220 e. The molecule has 4 nitrogen and oxygen atoms in total. The minimum absolute atomic E-state index is 0.0209. The molecule has 1 amide bonds. The number of hydrogen-bond acceptors (Lipinski definition) is 3. The summed E-state index contributed by atoms with van der Waals surface area (Å²) in [6.45, 7) is 6.25. The fourth-order valence-electron chi connectivity index (χ4n) is 0.899. The first-order valence-corrected chi connectivity index (χ1v) is 5.04. The van der Waals surface area contributed by atoms with Crippen LogP contribution in [0.25, 0.3) is 0 Å². The van der Waals surface area contributed by atoms with Gasteiger partial charge in [0.05, 0.1) is 5.60 Å². The molecule has 0 fully saturated rings. The third kappa shape index (κ3) is 8.01. The summed E-state index contributed by atoms with van der Waals surface area (Å²) in [7, 11) is 0. The SMILES string of the molecule is CC(CN)CCC(=O)NCC(C)(C)O. The average Bonchev–Trinajstić information content (AvgIpc) is 2.09. The van der Waals surface area contributed by atoms with E-state index < -0.39 is 5.60 Å². The number of carbonyl (C=O) groups is 1. The molecule has 0 aromatic heterocycles. The fourth-order valence-corrected chi connectivity index (χ4v) is 0.899. The Morgan fingerprint density at radius 2 is 2.14 bits per heavy atom. The lowest BCUT2D eigenvalue weighted by Crippen LogP contribution is -2.38. The van der Waals surface area contributed by atoms with E-state index in [0.717, 1.165) is 6.42 Å². The molecule has 0 saturated carbocycles. The molecule has 4 N–H and O–H groups in total. The normalized spacial score (nSPS) is 13.8. The predicted octanol–water partition coefficient (Wildman–Crippen LogP) is 0.249. The largest absolute Gasteiger partial charge is 0.389 e. The van der Waals surface area contributed by atoms with Crippen LogP contribution in [-0.4, -0.2) is 29.7 Å². The number of nitrogens with one attached hydrogen (secondary N) is 1. The van der Waals surface area contributed by atoms with Crippen LogP contribution < -0.4 is 11.1 Å². The van der Waals surface area contributed by atoms with Crippen LogP contribution in [0.2, 0.25) is 0 Å². The van der Waals surface area contributed by atoms with E-state index in [0.29, 0.717) is 25.4 Å². The molecule has 0 radical (unpaired) electrons. The van der Waals surface area contributed by atoms with Crippen LogP contribution in [0.1, 0.15) is 33.6 Å². The molecule has 14 heavy (non-hydrogen) atoms. The highest BCUT2D eigenvalue weighted by molar-refractivity contribution is 5.75. The van der Waals surface area contributed by atoms with Crippen molar-refractivity contribution in [3.8, 4) is 0 Å². The Hall–Kier alpha value is -0.610. The molecule has 0 heterocycles. The monoisotopic (exact) mass is 202 g/mol. The van der Waals surface area contributed by atoms with Crippen molar-refractivity contribution in [3.05, 3.63) is 0 Å². The summed E-state index contributed by atoms with van der Waals surface area (Å²) in [5.74, 6) is 0.357. The number of amides is 1. The number of carbonyl (C=O) groups excluding carboxylic acids is 1. The minimum Gasteiger partial charge on any atom is -0.389 e. The van der Waals surface area contributed by atoms with Gasteiger partial charge in [0.25, 0.3) is 0 Å². The van der Waals surface area contributed by atoms with Crippen molar-refractivity contribution < 1.29 is 9.90 Å². The Balaban J connectivity index is 3.57. The van der Waals surface area contributed by atoms with Crippen LogP contribution in [0, 0.1) is 5.92 Å². The zero-order valence-corrected chi connectivity index (χ0v) is 9.34. The van der Waals surface area contributed by atoms with Gasteiger partial charge in [-0.1, -0.05) is 6.92 Å². The van der Waals surface area contributed by atoms with Gasteiger partial charge in [-0.2, -0.15) is 0 Å². The summed E-state index contributed by atoms with van der Waals surface area (Å²) >= 11 is 0. The van der Waals surface area contributed by atoms with E-state index in [9.17, 15) is 9.90 Å². The Morgan fingerprint density at radius 3 is 2.57 bits per heavy atom. The Kier molecular flexibility index (Phi) is 5.72. The first kappa shape index (κ1) is 13.4. The van der Waals surface area contributed by atoms with Gasteiger partial charge < -0.3 is 16.2 Å². The fraction of sp³-hybridized carbons (Fsp3) is 0.900. The highest BCUT2D eigenvalue weighted by Crippen LogP contribution is 2.03. The van der Waals surface area contributed by atoms with Gasteiger partial charge >= 0.3 is 0 Å². The van der Waals surface area contributed by atoms with Crippen LogP contribution in [0.4, 0.5) is 0 Å². The van der Waals surface area contributed by atoms with Gasteiger partial charge in [-0.25, -0.2) is 0 Å². The van der Waals surface area contributed by atoms with E-state index >= 15 is 0 Å². The van der Waals surface area contributed by atoms with Crippen LogP contribution in [-0.2, 0) is 4.79 Å². The molecule has 0 aromatic carbocycles. The first-order chi connectivity index (χ1) is 6.35. The summed E-state index contributed by atoms with van der Waals surface area (Å²) in [5.41, 5.74) is 4.59. The van der Waals surface area contributed by atoms with E-state index in [2.05, 4.69) is 5.32 Å². The summed E-state index contributed by atoms with van der Waals surface area (Å²) in [6, 6.07) is 0. The van der Waals surface area contributed by atoms with E-state index in [1.807, 2.05) is 6.92 Å². The Morgan fingerprint density at radius 1 is 1.57 bits per heavy atom. The van der Waals surface area contributed by atoms with Crippen LogP contribution in [0.3, 0.4) is 0 Å². The molecular formula is C10H22N2O2. The van der Waals surface area contributed by atoms with Gasteiger partial charge in [0.1, 0.15) is 0 Å². The highest BCUT2D eigenvalue weighted by atomic mass is 16.3. The van der Waals surface area contributed by atoms with Gasteiger partial charge in [0, 0.05) is 13.0 Å². The van der Waals surface area contributed by atoms with Crippen LogP contribution in [0.5, 0.6) is 0 Å². The topological polar surface area (TPSA) is 75.4 Å². The lowest BCUT2D eigenvalue weighted by Gasteiger charge is -2.17. The molecule has 0 rings (SSSR count). The maximum Gasteiger partial charge on any atom is 0.220 e. The lowest BCUT2D eigenvalue weighted by molar-refractivity contribution is -0.122. The second kappa shape index (κ2) is 5.98. The molecule has 0 bridgehead atoms. The van der Waals surface area contributed by atoms with E-state index in [1.54, 1.807) is 13.8 Å². The molecule has 1 atom stereocenters. The molecule has 0 spiro atoms. The number of hydrogen-bond donors (Lipinski definition) is 3. The summed E-state index contributed by atoms with van der Waals surface area (Å²) < 4.78 is 0. The second-order valence-electron chi connectivity index (χ2n) is 4.47. The molecule has 84 valence electrons. The quantitative estimate of drug-likeness (QED) is 0.578. The minimum atomic E-state index is -0.838. The van der Waals surface area contributed by atoms with E-state index in [4.69, 9.17) is 5.73 Å². The maximum absolute atomic E-state index is 11.2. The van der Waals surface area contributed by atoms with E-state index in [1.165, 1.54) is 0 Å². The average molecular weight is 202 g/mol. The standard InChI is InChI=1S/C10H22N2O2/c1-8(6-11)4-5-9(13)12-7-10(2,3)14/h8,14H,4-7,11H2,1-3H3,(H,12,13). The molecule has 0 aliphatic carbocycles. The third-order valence-corrected chi connectivity index (χ3v) is 1.98. The van der Waals surface area contributed by atoms with E-state index in [-0.39, 0.29) is 5.91 Å². The number of rotatable bonds is 6. The summed E-state index contributed by atoms with van der Waals surface area (Å²) in [6.07, 6.45) is 1.28. The van der Waals surface area contributed by atoms with Gasteiger partial charge in [-0.15, -0.1) is 0 Å². The predicted molar refractivity (Wildman–Crippen MR) is 56.8 cm³/mol.